The minimum Gasteiger partial charge on any atom is -0.347 e. The van der Waals surface area contributed by atoms with Crippen molar-refractivity contribution in [3.8, 4) is 0 Å². The second-order valence-corrected chi connectivity index (χ2v) is 9.90. The zero-order valence-electron chi connectivity index (χ0n) is 18.1. The minimum atomic E-state index is -0.0911. The van der Waals surface area contributed by atoms with E-state index in [0.717, 1.165) is 35.7 Å². The molecular weight excluding hydrogens is 392 g/mol. The molecule has 5 nitrogen and oxygen atoms in total. The van der Waals surface area contributed by atoms with Crippen LogP contribution >= 0.6 is 11.8 Å². The van der Waals surface area contributed by atoms with Crippen molar-refractivity contribution in [1.82, 2.24) is 19.8 Å². The molecule has 1 saturated heterocycles. The summed E-state index contributed by atoms with van der Waals surface area (Å²) in [4.78, 5) is 25.0. The number of likely N-dealkylation sites (tertiary alicyclic amines) is 1. The number of aromatic nitrogens is 2. The molecule has 158 valence electrons. The van der Waals surface area contributed by atoms with Crippen LogP contribution in [0.4, 0.5) is 0 Å². The molecule has 1 N–H and O–H groups in total. The molecule has 3 aromatic rings. The van der Waals surface area contributed by atoms with E-state index in [1.54, 1.807) is 16.7 Å². The van der Waals surface area contributed by atoms with E-state index >= 15 is 0 Å². The maximum atomic E-state index is 12.9. The molecule has 0 aliphatic carbocycles. The first-order chi connectivity index (χ1) is 14.4. The SMILES string of the molecule is CC(C)c1ccc(CN2C[C@H](Sc3nc4ccccc4[nH]3)C[C@H]2C(=O)N(C)C)cc1. The summed E-state index contributed by atoms with van der Waals surface area (Å²) in [6.07, 6.45) is 0.836. The van der Waals surface area contributed by atoms with Crippen LogP contribution < -0.4 is 0 Å². The van der Waals surface area contributed by atoms with Gasteiger partial charge in [-0.1, -0.05) is 62.0 Å². The third-order valence-electron chi connectivity index (χ3n) is 5.77. The third kappa shape index (κ3) is 4.55. The number of imidazole rings is 1. The average Bonchev–Trinajstić information content (AvgIpc) is 3.31. The summed E-state index contributed by atoms with van der Waals surface area (Å²) in [5, 5.41) is 1.26. The minimum absolute atomic E-state index is 0.0911. The molecule has 0 bridgehead atoms. The Hall–Kier alpha value is -2.31. The van der Waals surface area contributed by atoms with Crippen molar-refractivity contribution in [2.75, 3.05) is 20.6 Å². The van der Waals surface area contributed by atoms with E-state index in [9.17, 15) is 4.79 Å². The lowest BCUT2D eigenvalue weighted by molar-refractivity contribution is -0.133. The fourth-order valence-electron chi connectivity index (χ4n) is 4.06. The highest BCUT2D eigenvalue weighted by atomic mass is 32.2. The molecule has 1 amide bonds. The number of likely N-dealkylation sites (N-methyl/N-ethyl adjacent to an activating group) is 1. The van der Waals surface area contributed by atoms with Crippen LogP contribution in [0.2, 0.25) is 0 Å². The Morgan fingerprint density at radius 3 is 2.60 bits per heavy atom. The predicted octanol–water partition coefficient (Wildman–Crippen LogP) is 4.51. The number of carbonyl (C=O) groups excluding carboxylic acids is 1. The van der Waals surface area contributed by atoms with Crippen LogP contribution in [-0.2, 0) is 11.3 Å². The van der Waals surface area contributed by atoms with Gasteiger partial charge in [-0.3, -0.25) is 9.69 Å². The quantitative estimate of drug-likeness (QED) is 0.635. The molecule has 0 unspecified atom stereocenters. The first-order valence-corrected chi connectivity index (χ1v) is 11.4. The Labute approximate surface area is 182 Å². The van der Waals surface area contributed by atoms with Crippen LogP contribution in [0, 0.1) is 0 Å². The maximum Gasteiger partial charge on any atom is 0.239 e. The fourth-order valence-corrected chi connectivity index (χ4v) is 5.24. The second-order valence-electron chi connectivity index (χ2n) is 8.61. The number of benzene rings is 2. The summed E-state index contributed by atoms with van der Waals surface area (Å²) in [6.45, 7) is 6.08. The monoisotopic (exact) mass is 422 g/mol. The highest BCUT2D eigenvalue weighted by molar-refractivity contribution is 7.99. The van der Waals surface area contributed by atoms with Gasteiger partial charge in [0.05, 0.1) is 17.1 Å². The lowest BCUT2D eigenvalue weighted by Crippen LogP contribution is -2.42. The number of H-pyrrole nitrogens is 1. The summed E-state index contributed by atoms with van der Waals surface area (Å²) in [7, 11) is 3.69. The topological polar surface area (TPSA) is 52.2 Å². The zero-order valence-corrected chi connectivity index (χ0v) is 18.9. The van der Waals surface area contributed by atoms with Gasteiger partial charge < -0.3 is 9.88 Å². The van der Waals surface area contributed by atoms with E-state index in [4.69, 9.17) is 4.98 Å². The number of thioether (sulfide) groups is 1. The Kier molecular flexibility index (Phi) is 6.16. The maximum absolute atomic E-state index is 12.9. The van der Waals surface area contributed by atoms with Gasteiger partial charge in [0.25, 0.3) is 0 Å². The third-order valence-corrected chi connectivity index (χ3v) is 6.86. The van der Waals surface area contributed by atoms with Gasteiger partial charge in [-0.2, -0.15) is 0 Å². The van der Waals surface area contributed by atoms with Crippen molar-refractivity contribution in [2.45, 2.75) is 49.2 Å². The summed E-state index contributed by atoms with van der Waals surface area (Å²) in [5.74, 6) is 0.708. The highest BCUT2D eigenvalue weighted by Gasteiger charge is 2.38. The first kappa shape index (κ1) is 20.9. The van der Waals surface area contributed by atoms with Crippen molar-refractivity contribution in [1.29, 1.82) is 0 Å². The Morgan fingerprint density at radius 1 is 1.20 bits per heavy atom. The van der Waals surface area contributed by atoms with E-state index in [1.807, 2.05) is 38.4 Å². The number of fused-ring (bicyclic) bond motifs is 1. The molecule has 1 aliphatic rings. The van der Waals surface area contributed by atoms with E-state index in [2.05, 4.69) is 48.0 Å². The first-order valence-electron chi connectivity index (χ1n) is 10.6. The van der Waals surface area contributed by atoms with Crippen molar-refractivity contribution >= 4 is 28.7 Å². The normalized spacial score (nSPS) is 19.6. The predicted molar refractivity (Wildman–Crippen MR) is 124 cm³/mol. The van der Waals surface area contributed by atoms with Crippen molar-refractivity contribution in [3.63, 3.8) is 0 Å². The summed E-state index contributed by atoms with van der Waals surface area (Å²) >= 11 is 1.75. The van der Waals surface area contributed by atoms with Gasteiger partial charge in [-0.05, 0) is 35.6 Å². The molecule has 0 spiro atoms. The van der Waals surface area contributed by atoms with Gasteiger partial charge in [0.1, 0.15) is 0 Å². The van der Waals surface area contributed by atoms with E-state index in [1.165, 1.54) is 11.1 Å². The largest absolute Gasteiger partial charge is 0.347 e. The molecule has 30 heavy (non-hydrogen) atoms. The molecule has 0 saturated carbocycles. The molecule has 1 aromatic heterocycles. The summed E-state index contributed by atoms with van der Waals surface area (Å²) < 4.78 is 0. The number of rotatable bonds is 6. The standard InChI is InChI=1S/C24H30N4OS/c1-16(2)18-11-9-17(10-12-18)14-28-15-19(13-22(28)23(29)27(3)4)30-24-25-20-7-5-6-8-21(20)26-24/h5-12,16,19,22H,13-15H2,1-4H3,(H,25,26)/t19-,22+/m1/s1. The van der Waals surface area contributed by atoms with E-state index in [-0.39, 0.29) is 11.9 Å². The number of para-hydroxylation sites is 2. The molecule has 2 heterocycles. The van der Waals surface area contributed by atoms with Gasteiger partial charge in [-0.15, -0.1) is 0 Å². The molecule has 2 atom stereocenters. The molecule has 1 aliphatic heterocycles. The second kappa shape index (κ2) is 8.82. The number of aromatic amines is 1. The number of amides is 1. The number of nitrogens with one attached hydrogen (secondary N) is 1. The van der Waals surface area contributed by atoms with Crippen LogP contribution in [-0.4, -0.2) is 57.6 Å². The molecule has 6 heteroatoms. The van der Waals surface area contributed by atoms with Crippen molar-refractivity contribution in [3.05, 3.63) is 59.7 Å². The van der Waals surface area contributed by atoms with Crippen LogP contribution in [0.15, 0.2) is 53.7 Å². The molecule has 0 radical (unpaired) electrons. The van der Waals surface area contributed by atoms with E-state index in [0.29, 0.717) is 11.2 Å². The van der Waals surface area contributed by atoms with E-state index < -0.39 is 0 Å². The zero-order chi connectivity index (χ0) is 21.3. The average molecular weight is 423 g/mol. The van der Waals surface area contributed by atoms with Crippen molar-refractivity contribution in [2.24, 2.45) is 0 Å². The van der Waals surface area contributed by atoms with Gasteiger partial charge >= 0.3 is 0 Å². The Bertz CT molecular complexity index is 978. The Balaban J connectivity index is 1.49. The van der Waals surface area contributed by atoms with Crippen LogP contribution in [0.25, 0.3) is 11.0 Å². The molecule has 4 rings (SSSR count). The summed E-state index contributed by atoms with van der Waals surface area (Å²) in [6, 6.07) is 16.8. The number of hydrogen-bond acceptors (Lipinski definition) is 4. The van der Waals surface area contributed by atoms with Crippen LogP contribution in [0.3, 0.4) is 0 Å². The highest BCUT2D eigenvalue weighted by Crippen LogP contribution is 2.34. The van der Waals surface area contributed by atoms with Crippen molar-refractivity contribution < 1.29 is 4.79 Å². The summed E-state index contributed by atoms with van der Waals surface area (Å²) in [5.41, 5.74) is 4.65. The Morgan fingerprint density at radius 2 is 1.93 bits per heavy atom. The van der Waals surface area contributed by atoms with Gasteiger partial charge in [0.2, 0.25) is 5.91 Å². The van der Waals surface area contributed by atoms with Gasteiger partial charge in [0.15, 0.2) is 5.16 Å². The lowest BCUT2D eigenvalue weighted by Gasteiger charge is -2.26. The lowest BCUT2D eigenvalue weighted by atomic mass is 10.0. The number of carbonyl (C=O) groups is 1. The molecule has 2 aromatic carbocycles. The van der Waals surface area contributed by atoms with Gasteiger partial charge in [-0.25, -0.2) is 4.98 Å². The number of hydrogen-bond donors (Lipinski definition) is 1. The van der Waals surface area contributed by atoms with Crippen LogP contribution in [0.1, 0.15) is 37.3 Å². The molecular formula is C24H30N4OS. The molecule has 1 fully saturated rings. The number of nitrogens with zero attached hydrogens (tertiary/aromatic N) is 3. The smallest absolute Gasteiger partial charge is 0.239 e. The van der Waals surface area contributed by atoms with Gasteiger partial charge in [0, 0.05) is 32.4 Å². The van der Waals surface area contributed by atoms with Crippen LogP contribution in [0.5, 0.6) is 0 Å². The fraction of sp³-hybridized carbons (Fsp3) is 0.417.